The van der Waals surface area contributed by atoms with Crippen LogP contribution in [0.2, 0.25) is 0 Å². The summed E-state index contributed by atoms with van der Waals surface area (Å²) in [5.41, 5.74) is 1.63. The molecule has 0 heterocycles. The zero-order chi connectivity index (χ0) is 16.5. The summed E-state index contributed by atoms with van der Waals surface area (Å²) in [5, 5.41) is 8.83. The monoisotopic (exact) mass is 308 g/mol. The van der Waals surface area contributed by atoms with Crippen molar-refractivity contribution < 1.29 is 9.53 Å². The molecular formula is C19H20N2O2. The normalized spacial score (nSPS) is 9.91. The standard InChI is InChI=1S/C19H20N2O2/c1-2-12-21(14-17-10-8-16(13-20)9-11-17)19(22)15-23-18-6-4-3-5-7-18/h3-11H,2,12,14-15H2,1H3. The Labute approximate surface area is 136 Å². The summed E-state index contributed by atoms with van der Waals surface area (Å²) in [7, 11) is 0. The number of hydrogen-bond acceptors (Lipinski definition) is 3. The van der Waals surface area contributed by atoms with Crippen LogP contribution in [0.15, 0.2) is 54.6 Å². The second kappa shape index (κ2) is 8.60. The molecule has 0 fully saturated rings. The molecule has 2 aromatic rings. The third-order valence-electron chi connectivity index (χ3n) is 3.41. The fourth-order valence-corrected chi connectivity index (χ4v) is 2.22. The molecule has 2 aromatic carbocycles. The van der Waals surface area contributed by atoms with Crippen molar-refractivity contribution in [1.29, 1.82) is 5.26 Å². The van der Waals surface area contributed by atoms with Crippen LogP contribution in [0.3, 0.4) is 0 Å². The van der Waals surface area contributed by atoms with Gasteiger partial charge in [-0.15, -0.1) is 0 Å². The van der Waals surface area contributed by atoms with Crippen LogP contribution in [0, 0.1) is 11.3 Å². The lowest BCUT2D eigenvalue weighted by molar-refractivity contribution is -0.134. The second-order valence-electron chi connectivity index (χ2n) is 5.23. The molecule has 23 heavy (non-hydrogen) atoms. The fourth-order valence-electron chi connectivity index (χ4n) is 2.22. The number of carbonyl (C=O) groups excluding carboxylic acids is 1. The van der Waals surface area contributed by atoms with Gasteiger partial charge < -0.3 is 9.64 Å². The average molecular weight is 308 g/mol. The number of amides is 1. The molecule has 0 aromatic heterocycles. The lowest BCUT2D eigenvalue weighted by atomic mass is 10.1. The Morgan fingerprint density at radius 2 is 1.83 bits per heavy atom. The van der Waals surface area contributed by atoms with Crippen molar-refractivity contribution >= 4 is 5.91 Å². The maximum absolute atomic E-state index is 12.4. The van der Waals surface area contributed by atoms with Gasteiger partial charge in [-0.25, -0.2) is 0 Å². The highest BCUT2D eigenvalue weighted by Gasteiger charge is 2.14. The Morgan fingerprint density at radius 3 is 2.43 bits per heavy atom. The van der Waals surface area contributed by atoms with E-state index in [2.05, 4.69) is 6.07 Å². The van der Waals surface area contributed by atoms with E-state index in [0.29, 0.717) is 24.4 Å². The number of benzene rings is 2. The van der Waals surface area contributed by atoms with Crippen molar-refractivity contribution in [2.24, 2.45) is 0 Å². The van der Waals surface area contributed by atoms with Gasteiger partial charge in [0, 0.05) is 13.1 Å². The number of rotatable bonds is 7. The zero-order valence-electron chi connectivity index (χ0n) is 13.2. The maximum atomic E-state index is 12.4. The van der Waals surface area contributed by atoms with E-state index in [1.165, 1.54) is 0 Å². The lowest BCUT2D eigenvalue weighted by Gasteiger charge is -2.22. The lowest BCUT2D eigenvalue weighted by Crippen LogP contribution is -2.35. The Hall–Kier alpha value is -2.80. The molecule has 0 spiro atoms. The Morgan fingerprint density at radius 1 is 1.13 bits per heavy atom. The summed E-state index contributed by atoms with van der Waals surface area (Å²) < 4.78 is 5.54. The molecule has 4 heteroatoms. The van der Waals surface area contributed by atoms with Gasteiger partial charge in [0.1, 0.15) is 5.75 Å². The molecule has 2 rings (SSSR count). The minimum Gasteiger partial charge on any atom is -0.484 e. The number of para-hydroxylation sites is 1. The molecule has 0 saturated carbocycles. The van der Waals surface area contributed by atoms with Gasteiger partial charge in [-0.3, -0.25) is 4.79 Å². The number of nitriles is 1. The van der Waals surface area contributed by atoms with Crippen LogP contribution in [-0.4, -0.2) is 24.0 Å². The first-order chi connectivity index (χ1) is 11.2. The van der Waals surface area contributed by atoms with E-state index in [9.17, 15) is 4.79 Å². The molecule has 0 aliphatic carbocycles. The Balaban J connectivity index is 1.96. The Kier molecular flexibility index (Phi) is 6.19. The van der Waals surface area contributed by atoms with Gasteiger partial charge in [0.05, 0.1) is 11.6 Å². The van der Waals surface area contributed by atoms with Crippen molar-refractivity contribution in [2.45, 2.75) is 19.9 Å². The minimum atomic E-state index is -0.0416. The number of ether oxygens (including phenoxy) is 1. The van der Waals surface area contributed by atoms with Crippen molar-refractivity contribution in [1.82, 2.24) is 4.90 Å². The number of hydrogen-bond donors (Lipinski definition) is 0. The Bertz CT molecular complexity index is 660. The van der Waals surface area contributed by atoms with E-state index in [1.807, 2.05) is 49.4 Å². The van der Waals surface area contributed by atoms with Gasteiger partial charge in [0.15, 0.2) is 6.61 Å². The molecule has 0 unspecified atom stereocenters. The van der Waals surface area contributed by atoms with E-state index in [1.54, 1.807) is 17.0 Å². The highest BCUT2D eigenvalue weighted by Crippen LogP contribution is 2.11. The molecule has 0 bridgehead atoms. The second-order valence-corrected chi connectivity index (χ2v) is 5.23. The maximum Gasteiger partial charge on any atom is 0.260 e. The van der Waals surface area contributed by atoms with Gasteiger partial charge in [0.2, 0.25) is 0 Å². The summed E-state index contributed by atoms with van der Waals surface area (Å²) in [6.45, 7) is 3.27. The first-order valence-electron chi connectivity index (χ1n) is 7.67. The molecule has 0 atom stereocenters. The number of nitrogens with zero attached hydrogens (tertiary/aromatic N) is 2. The van der Waals surface area contributed by atoms with E-state index < -0.39 is 0 Å². The van der Waals surface area contributed by atoms with Gasteiger partial charge in [-0.1, -0.05) is 37.3 Å². The third-order valence-corrected chi connectivity index (χ3v) is 3.41. The summed E-state index contributed by atoms with van der Waals surface area (Å²) in [4.78, 5) is 14.2. The summed E-state index contributed by atoms with van der Waals surface area (Å²) >= 11 is 0. The van der Waals surface area contributed by atoms with Crippen molar-refractivity contribution in [3.8, 4) is 11.8 Å². The van der Waals surface area contributed by atoms with Gasteiger partial charge >= 0.3 is 0 Å². The van der Waals surface area contributed by atoms with Crippen LogP contribution < -0.4 is 4.74 Å². The van der Waals surface area contributed by atoms with Gasteiger partial charge in [-0.05, 0) is 36.2 Å². The highest BCUT2D eigenvalue weighted by molar-refractivity contribution is 5.77. The third kappa shape index (κ3) is 5.15. The fraction of sp³-hybridized carbons (Fsp3) is 0.263. The minimum absolute atomic E-state index is 0.0281. The van der Waals surface area contributed by atoms with Crippen molar-refractivity contribution in [3.05, 3.63) is 65.7 Å². The van der Waals surface area contributed by atoms with Crippen molar-refractivity contribution in [3.63, 3.8) is 0 Å². The summed E-state index contributed by atoms with van der Waals surface area (Å²) in [6.07, 6.45) is 0.882. The molecule has 0 radical (unpaired) electrons. The van der Waals surface area contributed by atoms with Crippen LogP contribution in [0.5, 0.6) is 5.75 Å². The molecular weight excluding hydrogens is 288 g/mol. The van der Waals surface area contributed by atoms with Crippen LogP contribution in [0.25, 0.3) is 0 Å². The molecule has 0 N–H and O–H groups in total. The van der Waals surface area contributed by atoms with E-state index in [0.717, 1.165) is 12.0 Å². The highest BCUT2D eigenvalue weighted by atomic mass is 16.5. The molecule has 118 valence electrons. The molecule has 4 nitrogen and oxygen atoms in total. The quantitative estimate of drug-likeness (QED) is 0.788. The molecule has 0 aliphatic rings. The van der Waals surface area contributed by atoms with E-state index in [-0.39, 0.29) is 12.5 Å². The first kappa shape index (κ1) is 16.6. The topological polar surface area (TPSA) is 53.3 Å². The molecule has 0 saturated heterocycles. The largest absolute Gasteiger partial charge is 0.484 e. The molecule has 0 aliphatic heterocycles. The SMILES string of the molecule is CCCN(Cc1ccc(C#N)cc1)C(=O)COc1ccccc1. The van der Waals surface area contributed by atoms with E-state index in [4.69, 9.17) is 10.00 Å². The summed E-state index contributed by atoms with van der Waals surface area (Å²) in [5.74, 6) is 0.649. The average Bonchev–Trinajstić information content (AvgIpc) is 2.61. The van der Waals surface area contributed by atoms with E-state index >= 15 is 0 Å². The van der Waals surface area contributed by atoms with Crippen LogP contribution in [0.4, 0.5) is 0 Å². The summed E-state index contributed by atoms with van der Waals surface area (Å²) in [6, 6.07) is 18.7. The first-order valence-corrected chi connectivity index (χ1v) is 7.67. The predicted octanol–water partition coefficient (Wildman–Crippen LogP) is 3.38. The van der Waals surface area contributed by atoms with Gasteiger partial charge in [0.25, 0.3) is 5.91 Å². The van der Waals surface area contributed by atoms with Crippen LogP contribution in [-0.2, 0) is 11.3 Å². The van der Waals surface area contributed by atoms with Crippen LogP contribution in [0.1, 0.15) is 24.5 Å². The van der Waals surface area contributed by atoms with Crippen molar-refractivity contribution in [2.75, 3.05) is 13.2 Å². The predicted molar refractivity (Wildman–Crippen MR) is 88.8 cm³/mol. The smallest absolute Gasteiger partial charge is 0.260 e. The van der Waals surface area contributed by atoms with Crippen LogP contribution >= 0.6 is 0 Å². The molecule has 1 amide bonds. The number of carbonyl (C=O) groups is 1. The van der Waals surface area contributed by atoms with Gasteiger partial charge in [-0.2, -0.15) is 5.26 Å². The zero-order valence-corrected chi connectivity index (χ0v) is 13.2.